The Morgan fingerprint density at radius 1 is 1.25 bits per heavy atom. The Morgan fingerprint density at radius 2 is 2.00 bits per heavy atom. The van der Waals surface area contributed by atoms with E-state index in [2.05, 4.69) is 10.6 Å². The van der Waals surface area contributed by atoms with Crippen LogP contribution in [0.15, 0.2) is 36.4 Å². The lowest BCUT2D eigenvalue weighted by molar-refractivity contribution is 0.102. The zero-order valence-corrected chi connectivity index (χ0v) is 11.9. The van der Waals surface area contributed by atoms with Gasteiger partial charge in [-0.25, -0.2) is 4.39 Å². The standard InChI is InChI=1S/C15H14ClFN2O/c1-9-6-7-13(18-2)10(8-9)15(20)19-14-11(16)4-3-5-12(14)17/h3-8,18H,1-2H3,(H,19,20). The van der Waals surface area contributed by atoms with Gasteiger partial charge in [0.2, 0.25) is 0 Å². The zero-order valence-electron chi connectivity index (χ0n) is 11.1. The van der Waals surface area contributed by atoms with Gasteiger partial charge >= 0.3 is 0 Å². The number of anilines is 2. The van der Waals surface area contributed by atoms with Crippen molar-refractivity contribution in [1.29, 1.82) is 0 Å². The number of rotatable bonds is 3. The Labute approximate surface area is 121 Å². The quantitative estimate of drug-likeness (QED) is 0.895. The zero-order chi connectivity index (χ0) is 14.7. The molecule has 0 aromatic heterocycles. The van der Waals surface area contributed by atoms with Crippen molar-refractivity contribution in [3.8, 4) is 0 Å². The van der Waals surface area contributed by atoms with Crippen molar-refractivity contribution in [1.82, 2.24) is 0 Å². The van der Waals surface area contributed by atoms with Gasteiger partial charge < -0.3 is 10.6 Å². The summed E-state index contributed by atoms with van der Waals surface area (Å²) >= 11 is 5.90. The number of carbonyl (C=O) groups is 1. The van der Waals surface area contributed by atoms with Gasteiger partial charge in [0.25, 0.3) is 5.91 Å². The first-order valence-corrected chi connectivity index (χ1v) is 6.44. The first kappa shape index (κ1) is 14.3. The summed E-state index contributed by atoms with van der Waals surface area (Å²) in [5.41, 5.74) is 2.03. The van der Waals surface area contributed by atoms with E-state index in [0.717, 1.165) is 5.56 Å². The number of nitrogens with one attached hydrogen (secondary N) is 2. The van der Waals surface area contributed by atoms with Gasteiger partial charge in [-0.1, -0.05) is 29.3 Å². The normalized spacial score (nSPS) is 10.2. The number of halogens is 2. The summed E-state index contributed by atoms with van der Waals surface area (Å²) in [5, 5.41) is 5.61. The van der Waals surface area contributed by atoms with Gasteiger partial charge in [0.1, 0.15) is 5.82 Å². The molecule has 0 radical (unpaired) electrons. The molecule has 2 aromatic rings. The first-order valence-electron chi connectivity index (χ1n) is 6.06. The fourth-order valence-electron chi connectivity index (χ4n) is 1.86. The van der Waals surface area contributed by atoms with Crippen LogP contribution >= 0.6 is 11.6 Å². The molecule has 0 heterocycles. The number of para-hydroxylation sites is 1. The van der Waals surface area contributed by atoms with E-state index in [0.29, 0.717) is 11.3 Å². The molecule has 0 fully saturated rings. The fourth-order valence-corrected chi connectivity index (χ4v) is 2.07. The largest absolute Gasteiger partial charge is 0.387 e. The van der Waals surface area contributed by atoms with Gasteiger partial charge in [-0.3, -0.25) is 4.79 Å². The maximum Gasteiger partial charge on any atom is 0.257 e. The summed E-state index contributed by atoms with van der Waals surface area (Å²) in [5.74, 6) is -0.977. The van der Waals surface area contributed by atoms with E-state index >= 15 is 0 Å². The minimum Gasteiger partial charge on any atom is -0.387 e. The van der Waals surface area contributed by atoms with Crippen LogP contribution in [-0.2, 0) is 0 Å². The third-order valence-corrected chi connectivity index (χ3v) is 3.21. The van der Waals surface area contributed by atoms with E-state index in [-0.39, 0.29) is 10.7 Å². The second-order valence-corrected chi connectivity index (χ2v) is 4.76. The monoisotopic (exact) mass is 292 g/mol. The van der Waals surface area contributed by atoms with Crippen LogP contribution in [0.1, 0.15) is 15.9 Å². The number of carbonyl (C=O) groups excluding carboxylic acids is 1. The second-order valence-electron chi connectivity index (χ2n) is 4.35. The molecule has 1 amide bonds. The van der Waals surface area contributed by atoms with Crippen molar-refractivity contribution < 1.29 is 9.18 Å². The van der Waals surface area contributed by atoms with Gasteiger partial charge in [0.15, 0.2) is 0 Å². The molecule has 3 nitrogen and oxygen atoms in total. The number of benzene rings is 2. The lowest BCUT2D eigenvalue weighted by Gasteiger charge is -2.12. The SMILES string of the molecule is CNc1ccc(C)cc1C(=O)Nc1c(F)cccc1Cl. The van der Waals surface area contributed by atoms with Crippen LogP contribution in [0.3, 0.4) is 0 Å². The maximum absolute atomic E-state index is 13.7. The molecule has 2 aromatic carbocycles. The highest BCUT2D eigenvalue weighted by Gasteiger charge is 2.15. The van der Waals surface area contributed by atoms with Crippen LogP contribution in [-0.4, -0.2) is 13.0 Å². The maximum atomic E-state index is 13.7. The third-order valence-electron chi connectivity index (χ3n) is 2.89. The number of hydrogen-bond donors (Lipinski definition) is 2. The van der Waals surface area contributed by atoms with Crippen molar-refractivity contribution in [2.75, 3.05) is 17.7 Å². The molecule has 0 aliphatic heterocycles. The minimum atomic E-state index is -0.565. The molecule has 0 spiro atoms. The molecular weight excluding hydrogens is 279 g/mol. The molecule has 0 atom stereocenters. The van der Waals surface area contributed by atoms with Crippen LogP contribution < -0.4 is 10.6 Å². The summed E-state index contributed by atoms with van der Waals surface area (Å²) in [4.78, 5) is 12.3. The van der Waals surface area contributed by atoms with Crippen molar-refractivity contribution in [3.63, 3.8) is 0 Å². The highest BCUT2D eigenvalue weighted by molar-refractivity contribution is 6.34. The molecule has 20 heavy (non-hydrogen) atoms. The van der Waals surface area contributed by atoms with Crippen LogP contribution in [0.25, 0.3) is 0 Å². The molecule has 2 rings (SSSR count). The van der Waals surface area contributed by atoms with E-state index < -0.39 is 11.7 Å². The van der Waals surface area contributed by atoms with Crippen molar-refractivity contribution >= 4 is 28.9 Å². The Bertz CT molecular complexity index is 638. The summed E-state index contributed by atoms with van der Waals surface area (Å²) in [7, 11) is 1.72. The molecule has 0 unspecified atom stereocenters. The van der Waals surface area contributed by atoms with Crippen LogP contribution in [0, 0.1) is 12.7 Å². The van der Waals surface area contributed by atoms with Crippen LogP contribution in [0.2, 0.25) is 5.02 Å². The van der Waals surface area contributed by atoms with E-state index in [9.17, 15) is 9.18 Å². The van der Waals surface area contributed by atoms with E-state index in [4.69, 9.17) is 11.6 Å². The van der Waals surface area contributed by atoms with Gasteiger partial charge in [0, 0.05) is 12.7 Å². The fraction of sp³-hybridized carbons (Fsp3) is 0.133. The summed E-state index contributed by atoms with van der Waals surface area (Å²) in [6.45, 7) is 1.88. The lowest BCUT2D eigenvalue weighted by atomic mass is 10.1. The van der Waals surface area contributed by atoms with Crippen molar-refractivity contribution in [2.45, 2.75) is 6.92 Å². The molecule has 0 saturated carbocycles. The molecule has 0 aliphatic rings. The molecule has 0 saturated heterocycles. The highest BCUT2D eigenvalue weighted by atomic mass is 35.5. The topological polar surface area (TPSA) is 41.1 Å². The van der Waals surface area contributed by atoms with E-state index in [1.165, 1.54) is 18.2 Å². The Kier molecular flexibility index (Phi) is 4.25. The minimum absolute atomic E-state index is 0.0114. The van der Waals surface area contributed by atoms with Crippen LogP contribution in [0.4, 0.5) is 15.8 Å². The lowest BCUT2D eigenvalue weighted by Crippen LogP contribution is -2.15. The number of aryl methyl sites for hydroxylation is 1. The molecule has 2 N–H and O–H groups in total. The molecule has 0 aliphatic carbocycles. The Balaban J connectivity index is 2.35. The van der Waals surface area contributed by atoms with Crippen LogP contribution in [0.5, 0.6) is 0 Å². The van der Waals surface area contributed by atoms with Crippen molar-refractivity contribution in [3.05, 3.63) is 58.4 Å². The van der Waals surface area contributed by atoms with E-state index in [1.54, 1.807) is 19.2 Å². The average Bonchev–Trinajstić information content (AvgIpc) is 2.43. The third kappa shape index (κ3) is 2.91. The summed E-state index contributed by atoms with van der Waals surface area (Å²) < 4.78 is 13.7. The predicted octanol–water partition coefficient (Wildman–Crippen LogP) is 4.08. The molecular formula is C15H14ClFN2O. The number of amides is 1. The highest BCUT2D eigenvalue weighted by Crippen LogP contribution is 2.26. The van der Waals surface area contributed by atoms with Crippen molar-refractivity contribution in [2.24, 2.45) is 0 Å². The summed E-state index contributed by atoms with van der Waals surface area (Å²) in [6, 6.07) is 9.67. The van der Waals surface area contributed by atoms with Gasteiger partial charge in [0.05, 0.1) is 16.3 Å². The molecule has 104 valence electrons. The average molecular weight is 293 g/mol. The Morgan fingerprint density at radius 3 is 2.65 bits per heavy atom. The second kappa shape index (κ2) is 5.92. The number of hydrogen-bond acceptors (Lipinski definition) is 2. The first-order chi connectivity index (χ1) is 9.52. The van der Waals surface area contributed by atoms with Gasteiger partial charge in [-0.2, -0.15) is 0 Å². The molecule has 0 bridgehead atoms. The van der Waals surface area contributed by atoms with Gasteiger partial charge in [-0.05, 0) is 31.2 Å². The van der Waals surface area contributed by atoms with E-state index in [1.807, 2.05) is 13.0 Å². The predicted molar refractivity (Wildman–Crippen MR) is 80.1 cm³/mol. The Hall–Kier alpha value is -2.07. The summed E-state index contributed by atoms with van der Waals surface area (Å²) in [6.07, 6.45) is 0. The van der Waals surface area contributed by atoms with Gasteiger partial charge in [-0.15, -0.1) is 0 Å². The smallest absolute Gasteiger partial charge is 0.257 e. The molecule has 5 heteroatoms.